The normalized spacial score (nSPS) is 9.71. The molecule has 0 unspecified atom stereocenters. The molecule has 0 saturated heterocycles. The van der Waals surface area contributed by atoms with Gasteiger partial charge in [-0.05, 0) is 19.1 Å². The molecule has 68 valence electrons. The zero-order valence-corrected chi connectivity index (χ0v) is 7.52. The monoisotopic (exact) mass is 185 g/mol. The van der Waals surface area contributed by atoms with Crippen molar-refractivity contribution in [3.63, 3.8) is 0 Å². The fraction of sp³-hybridized carbons (Fsp3) is 0.111. The first kappa shape index (κ1) is 8.38. The average Bonchev–Trinajstić information content (AvgIpc) is 2.65. The van der Waals surface area contributed by atoms with E-state index in [2.05, 4.69) is 20.4 Å². The van der Waals surface area contributed by atoms with E-state index in [1.54, 1.807) is 6.07 Å². The first-order valence-corrected chi connectivity index (χ1v) is 4.06. The van der Waals surface area contributed by atoms with Crippen molar-refractivity contribution >= 4 is 0 Å². The van der Waals surface area contributed by atoms with Crippen molar-refractivity contribution in [1.82, 2.24) is 20.4 Å². The van der Waals surface area contributed by atoms with E-state index in [9.17, 15) is 0 Å². The molecule has 0 atom stereocenters. The van der Waals surface area contributed by atoms with Gasteiger partial charge in [-0.3, -0.25) is 4.98 Å². The number of hydrogen-bond acceptors (Lipinski definition) is 4. The lowest BCUT2D eigenvalue weighted by atomic mass is 10.2. The van der Waals surface area contributed by atoms with E-state index in [1.165, 1.54) is 0 Å². The van der Waals surface area contributed by atoms with Gasteiger partial charge >= 0.3 is 0 Å². The van der Waals surface area contributed by atoms with Gasteiger partial charge < -0.3 is 0 Å². The molecule has 2 heterocycles. The van der Waals surface area contributed by atoms with Crippen LogP contribution in [0.4, 0.5) is 0 Å². The van der Waals surface area contributed by atoms with E-state index >= 15 is 0 Å². The second-order valence-electron chi connectivity index (χ2n) is 2.80. The van der Waals surface area contributed by atoms with Gasteiger partial charge in [-0.25, -0.2) is 0 Å². The number of nitriles is 1. The van der Waals surface area contributed by atoms with Crippen molar-refractivity contribution in [3.05, 3.63) is 29.6 Å². The zero-order chi connectivity index (χ0) is 9.97. The van der Waals surface area contributed by atoms with Crippen molar-refractivity contribution in [2.75, 3.05) is 0 Å². The molecule has 0 aliphatic carbocycles. The lowest BCUT2D eigenvalue weighted by Gasteiger charge is -1.96. The van der Waals surface area contributed by atoms with Crippen LogP contribution in [0.5, 0.6) is 0 Å². The van der Waals surface area contributed by atoms with Crippen LogP contribution in [-0.2, 0) is 0 Å². The number of aromatic nitrogens is 4. The van der Waals surface area contributed by atoms with Gasteiger partial charge in [0.15, 0.2) is 5.69 Å². The molecule has 0 aliphatic rings. The number of nitrogens with one attached hydrogen (secondary N) is 1. The summed E-state index contributed by atoms with van der Waals surface area (Å²) in [5, 5.41) is 18.7. The molecule has 0 aliphatic heterocycles. The van der Waals surface area contributed by atoms with E-state index < -0.39 is 0 Å². The van der Waals surface area contributed by atoms with E-state index in [4.69, 9.17) is 5.26 Å². The Labute approximate surface area is 80.4 Å². The third-order valence-electron chi connectivity index (χ3n) is 1.78. The predicted molar refractivity (Wildman–Crippen MR) is 49.1 cm³/mol. The molecule has 2 aromatic heterocycles. The molecule has 0 amide bonds. The summed E-state index contributed by atoms with van der Waals surface area (Å²) in [6, 6.07) is 7.50. The van der Waals surface area contributed by atoms with E-state index in [1.807, 2.05) is 25.1 Å². The molecule has 0 fully saturated rings. The lowest BCUT2D eigenvalue weighted by molar-refractivity contribution is 0.935. The molecule has 0 saturated carbocycles. The first-order valence-electron chi connectivity index (χ1n) is 4.06. The molecule has 2 rings (SSSR count). The van der Waals surface area contributed by atoms with Crippen LogP contribution in [0.3, 0.4) is 0 Å². The molecule has 5 nitrogen and oxygen atoms in total. The van der Waals surface area contributed by atoms with Gasteiger partial charge in [0.25, 0.3) is 0 Å². The SMILES string of the molecule is Cc1cccc(-c2n[nH]nc2C#N)n1. The van der Waals surface area contributed by atoms with Crippen LogP contribution in [0.2, 0.25) is 0 Å². The topological polar surface area (TPSA) is 78.2 Å². The van der Waals surface area contributed by atoms with Crippen molar-refractivity contribution in [2.24, 2.45) is 0 Å². The highest BCUT2D eigenvalue weighted by Gasteiger charge is 2.10. The molecule has 0 radical (unpaired) electrons. The number of nitrogens with zero attached hydrogens (tertiary/aromatic N) is 4. The van der Waals surface area contributed by atoms with E-state index in [0.29, 0.717) is 11.4 Å². The van der Waals surface area contributed by atoms with Crippen LogP contribution >= 0.6 is 0 Å². The van der Waals surface area contributed by atoms with Crippen LogP contribution in [0.1, 0.15) is 11.4 Å². The van der Waals surface area contributed by atoms with Crippen molar-refractivity contribution in [3.8, 4) is 17.5 Å². The minimum atomic E-state index is 0.267. The van der Waals surface area contributed by atoms with Gasteiger partial charge in [0.1, 0.15) is 11.8 Å². The number of hydrogen-bond donors (Lipinski definition) is 1. The number of aryl methyl sites for hydroxylation is 1. The van der Waals surface area contributed by atoms with Crippen molar-refractivity contribution in [1.29, 1.82) is 5.26 Å². The van der Waals surface area contributed by atoms with Gasteiger partial charge in [0, 0.05) is 5.69 Å². The second kappa shape index (κ2) is 3.26. The highest BCUT2D eigenvalue weighted by Crippen LogP contribution is 2.16. The highest BCUT2D eigenvalue weighted by atomic mass is 15.3. The van der Waals surface area contributed by atoms with Gasteiger partial charge in [0.2, 0.25) is 0 Å². The third-order valence-corrected chi connectivity index (χ3v) is 1.78. The second-order valence-corrected chi connectivity index (χ2v) is 2.80. The molecular formula is C9H7N5. The Morgan fingerprint density at radius 1 is 1.36 bits per heavy atom. The Hall–Kier alpha value is -2.22. The smallest absolute Gasteiger partial charge is 0.192 e. The van der Waals surface area contributed by atoms with Crippen molar-refractivity contribution in [2.45, 2.75) is 6.92 Å². The third kappa shape index (κ3) is 1.33. The van der Waals surface area contributed by atoms with Crippen molar-refractivity contribution < 1.29 is 0 Å². The maximum Gasteiger partial charge on any atom is 0.192 e. The van der Waals surface area contributed by atoms with Crippen LogP contribution in [-0.4, -0.2) is 20.4 Å². The molecule has 5 heteroatoms. The number of rotatable bonds is 1. The van der Waals surface area contributed by atoms with Gasteiger partial charge in [-0.1, -0.05) is 6.07 Å². The van der Waals surface area contributed by atoms with Gasteiger partial charge in [-0.2, -0.15) is 15.6 Å². The van der Waals surface area contributed by atoms with E-state index in [0.717, 1.165) is 5.69 Å². The Morgan fingerprint density at radius 2 is 2.21 bits per heavy atom. The van der Waals surface area contributed by atoms with Gasteiger partial charge in [0.05, 0.1) is 5.69 Å². The Bertz CT molecular complexity index is 494. The largest absolute Gasteiger partial charge is 0.251 e. The molecule has 0 aromatic carbocycles. The summed E-state index contributed by atoms with van der Waals surface area (Å²) in [7, 11) is 0. The van der Waals surface area contributed by atoms with Gasteiger partial charge in [-0.15, -0.1) is 5.10 Å². The van der Waals surface area contributed by atoms with Crippen LogP contribution < -0.4 is 0 Å². The summed E-state index contributed by atoms with van der Waals surface area (Å²) in [4.78, 5) is 4.25. The number of H-pyrrole nitrogens is 1. The minimum absolute atomic E-state index is 0.267. The summed E-state index contributed by atoms with van der Waals surface area (Å²) in [6.07, 6.45) is 0. The number of aromatic amines is 1. The van der Waals surface area contributed by atoms with Crippen LogP contribution in [0.15, 0.2) is 18.2 Å². The van der Waals surface area contributed by atoms with Crippen LogP contribution in [0.25, 0.3) is 11.4 Å². The minimum Gasteiger partial charge on any atom is -0.251 e. The summed E-state index contributed by atoms with van der Waals surface area (Å²) in [5.74, 6) is 0. The van der Waals surface area contributed by atoms with Crippen LogP contribution in [0, 0.1) is 18.3 Å². The summed E-state index contributed by atoms with van der Waals surface area (Å²) in [5.41, 5.74) is 2.31. The maximum absolute atomic E-state index is 8.74. The standard InChI is InChI=1S/C9H7N5/c1-6-3-2-4-7(11-6)9-8(5-10)12-14-13-9/h2-4H,1H3,(H,12,13,14). The fourth-order valence-corrected chi connectivity index (χ4v) is 1.16. The Balaban J connectivity index is 2.56. The molecule has 0 bridgehead atoms. The lowest BCUT2D eigenvalue weighted by Crippen LogP contribution is -1.88. The Kier molecular flexibility index (Phi) is 1.95. The fourth-order valence-electron chi connectivity index (χ4n) is 1.16. The summed E-state index contributed by atoms with van der Waals surface area (Å²) >= 11 is 0. The molecule has 2 aromatic rings. The molecule has 0 spiro atoms. The summed E-state index contributed by atoms with van der Waals surface area (Å²) in [6.45, 7) is 1.88. The highest BCUT2D eigenvalue weighted by molar-refractivity contribution is 5.59. The maximum atomic E-state index is 8.74. The van der Waals surface area contributed by atoms with E-state index in [-0.39, 0.29) is 5.69 Å². The average molecular weight is 185 g/mol. The zero-order valence-electron chi connectivity index (χ0n) is 7.52. The molecular weight excluding hydrogens is 178 g/mol. The predicted octanol–water partition coefficient (Wildman–Crippen LogP) is 1.05. The first-order chi connectivity index (χ1) is 6.81. The number of pyridine rings is 1. The molecule has 14 heavy (non-hydrogen) atoms. The quantitative estimate of drug-likeness (QED) is 0.720. The molecule has 1 N–H and O–H groups in total. The Morgan fingerprint density at radius 3 is 2.93 bits per heavy atom. The summed E-state index contributed by atoms with van der Waals surface area (Å²) < 4.78 is 0.